The van der Waals surface area contributed by atoms with E-state index in [1.165, 1.54) is 6.07 Å². The van der Waals surface area contributed by atoms with Crippen LogP contribution in [-0.2, 0) is 0 Å². The molecule has 1 saturated heterocycles. The fourth-order valence-corrected chi connectivity index (χ4v) is 1.88. The standard InChI is InChI=1S/C12H15FN2O.ClH/c1-8-2-3-9(6-11(8)13)12(16)15-5-4-10(14)7-15;/h2-3,6,10H,4-5,7,14H2,1H3;1H/t10-;/m1./s1. The molecule has 1 aliphatic heterocycles. The molecule has 1 heterocycles. The molecular formula is C12H16ClFN2O. The Labute approximate surface area is 106 Å². The van der Waals surface area contributed by atoms with Crippen LogP contribution < -0.4 is 5.73 Å². The zero-order valence-electron chi connectivity index (χ0n) is 9.65. The number of carbonyl (C=O) groups excluding carboxylic acids is 1. The van der Waals surface area contributed by atoms with Crippen LogP contribution in [0.1, 0.15) is 22.3 Å². The zero-order chi connectivity index (χ0) is 11.7. The summed E-state index contributed by atoms with van der Waals surface area (Å²) in [5, 5.41) is 0. The molecule has 0 aliphatic carbocycles. The highest BCUT2D eigenvalue weighted by Crippen LogP contribution is 2.15. The van der Waals surface area contributed by atoms with Crippen molar-refractivity contribution in [3.05, 3.63) is 35.1 Å². The number of nitrogens with two attached hydrogens (primary N) is 1. The molecule has 0 bridgehead atoms. The molecule has 0 unspecified atom stereocenters. The van der Waals surface area contributed by atoms with Gasteiger partial charge in [-0.1, -0.05) is 6.07 Å². The SMILES string of the molecule is Cc1ccc(C(=O)N2CC[C@@H](N)C2)cc1F.Cl. The molecule has 1 aliphatic rings. The Balaban J connectivity index is 0.00000144. The molecule has 94 valence electrons. The first-order chi connectivity index (χ1) is 7.58. The van der Waals surface area contributed by atoms with E-state index in [4.69, 9.17) is 5.73 Å². The highest BCUT2D eigenvalue weighted by atomic mass is 35.5. The molecule has 2 rings (SSSR count). The van der Waals surface area contributed by atoms with Crippen molar-refractivity contribution < 1.29 is 9.18 Å². The minimum atomic E-state index is -0.339. The summed E-state index contributed by atoms with van der Waals surface area (Å²) in [6, 6.07) is 4.63. The zero-order valence-corrected chi connectivity index (χ0v) is 10.5. The second-order valence-electron chi connectivity index (χ2n) is 4.26. The second-order valence-corrected chi connectivity index (χ2v) is 4.26. The summed E-state index contributed by atoms with van der Waals surface area (Å²) in [6.45, 7) is 2.90. The van der Waals surface area contributed by atoms with Crippen LogP contribution in [0.5, 0.6) is 0 Å². The Morgan fingerprint density at radius 3 is 2.76 bits per heavy atom. The van der Waals surface area contributed by atoms with Crippen molar-refractivity contribution in [2.45, 2.75) is 19.4 Å². The number of benzene rings is 1. The molecule has 0 aromatic heterocycles. The summed E-state index contributed by atoms with van der Waals surface area (Å²) in [5.41, 5.74) is 6.68. The topological polar surface area (TPSA) is 46.3 Å². The predicted octanol–water partition coefficient (Wildman–Crippen LogP) is 1.73. The van der Waals surface area contributed by atoms with E-state index in [1.54, 1.807) is 24.0 Å². The maximum absolute atomic E-state index is 13.3. The lowest BCUT2D eigenvalue weighted by Crippen LogP contribution is -2.31. The summed E-state index contributed by atoms with van der Waals surface area (Å²) in [7, 11) is 0. The van der Waals surface area contributed by atoms with Gasteiger partial charge in [0.25, 0.3) is 5.91 Å². The van der Waals surface area contributed by atoms with E-state index in [2.05, 4.69) is 0 Å². The molecule has 3 nitrogen and oxygen atoms in total. The molecule has 1 aromatic rings. The van der Waals surface area contributed by atoms with E-state index >= 15 is 0 Å². The van der Waals surface area contributed by atoms with Crippen LogP contribution in [0.4, 0.5) is 4.39 Å². The Morgan fingerprint density at radius 2 is 2.24 bits per heavy atom. The van der Waals surface area contributed by atoms with E-state index in [1.807, 2.05) is 0 Å². The van der Waals surface area contributed by atoms with Crippen molar-refractivity contribution in [1.82, 2.24) is 4.90 Å². The summed E-state index contributed by atoms with van der Waals surface area (Å²) in [5.74, 6) is -0.471. The monoisotopic (exact) mass is 258 g/mol. The number of halogens is 2. The van der Waals surface area contributed by atoms with Gasteiger partial charge in [-0.3, -0.25) is 4.79 Å². The number of hydrogen-bond acceptors (Lipinski definition) is 2. The summed E-state index contributed by atoms with van der Waals surface area (Å²) >= 11 is 0. The van der Waals surface area contributed by atoms with Crippen LogP contribution >= 0.6 is 12.4 Å². The van der Waals surface area contributed by atoms with Crippen molar-refractivity contribution >= 4 is 18.3 Å². The third-order valence-electron chi connectivity index (χ3n) is 2.93. The maximum Gasteiger partial charge on any atom is 0.254 e. The molecule has 5 heteroatoms. The van der Waals surface area contributed by atoms with Crippen molar-refractivity contribution in [2.24, 2.45) is 5.73 Å². The molecule has 0 radical (unpaired) electrons. The van der Waals surface area contributed by atoms with Gasteiger partial charge in [-0.15, -0.1) is 12.4 Å². The molecule has 17 heavy (non-hydrogen) atoms. The highest BCUT2D eigenvalue weighted by molar-refractivity contribution is 5.94. The number of nitrogens with zero attached hydrogens (tertiary/aromatic N) is 1. The number of rotatable bonds is 1. The largest absolute Gasteiger partial charge is 0.337 e. The lowest BCUT2D eigenvalue weighted by atomic mass is 10.1. The fourth-order valence-electron chi connectivity index (χ4n) is 1.88. The Hall–Kier alpha value is -1.13. The van der Waals surface area contributed by atoms with Crippen LogP contribution in [0.3, 0.4) is 0 Å². The number of carbonyl (C=O) groups is 1. The normalized spacial score (nSPS) is 19.0. The quantitative estimate of drug-likeness (QED) is 0.834. The Morgan fingerprint density at radius 1 is 1.53 bits per heavy atom. The number of hydrogen-bond donors (Lipinski definition) is 1. The molecule has 1 atom stereocenters. The van der Waals surface area contributed by atoms with Crippen molar-refractivity contribution in [3.63, 3.8) is 0 Å². The molecule has 0 saturated carbocycles. The van der Waals surface area contributed by atoms with Gasteiger partial charge < -0.3 is 10.6 Å². The summed E-state index contributed by atoms with van der Waals surface area (Å²) < 4.78 is 13.3. The third kappa shape index (κ3) is 2.96. The van der Waals surface area contributed by atoms with Gasteiger partial charge in [-0.25, -0.2) is 4.39 Å². The van der Waals surface area contributed by atoms with Gasteiger partial charge in [0, 0.05) is 24.7 Å². The summed E-state index contributed by atoms with van der Waals surface area (Å²) in [6.07, 6.45) is 0.820. The van der Waals surface area contributed by atoms with Gasteiger partial charge >= 0.3 is 0 Å². The first-order valence-corrected chi connectivity index (χ1v) is 5.39. The lowest BCUT2D eigenvalue weighted by molar-refractivity contribution is 0.0790. The van der Waals surface area contributed by atoms with Gasteiger partial charge in [-0.05, 0) is 31.0 Å². The molecule has 0 spiro atoms. The smallest absolute Gasteiger partial charge is 0.254 e. The summed E-state index contributed by atoms with van der Waals surface area (Å²) in [4.78, 5) is 13.6. The van der Waals surface area contributed by atoms with Crippen molar-refractivity contribution in [1.29, 1.82) is 0 Å². The Bertz CT molecular complexity index is 425. The van der Waals surface area contributed by atoms with Crippen LogP contribution in [0.2, 0.25) is 0 Å². The van der Waals surface area contributed by atoms with E-state index < -0.39 is 0 Å². The van der Waals surface area contributed by atoms with Crippen LogP contribution in [0, 0.1) is 12.7 Å². The van der Waals surface area contributed by atoms with Gasteiger partial charge in [0.15, 0.2) is 0 Å². The van der Waals surface area contributed by atoms with E-state index in [-0.39, 0.29) is 30.2 Å². The number of likely N-dealkylation sites (tertiary alicyclic amines) is 1. The fraction of sp³-hybridized carbons (Fsp3) is 0.417. The third-order valence-corrected chi connectivity index (χ3v) is 2.93. The van der Waals surface area contributed by atoms with Gasteiger partial charge in [0.2, 0.25) is 0 Å². The lowest BCUT2D eigenvalue weighted by Gasteiger charge is -2.15. The Kier molecular flexibility index (Phi) is 4.48. The van der Waals surface area contributed by atoms with E-state index in [0.29, 0.717) is 24.2 Å². The first kappa shape index (κ1) is 13.9. The minimum absolute atomic E-state index is 0. The molecule has 2 N–H and O–H groups in total. The molecule has 1 fully saturated rings. The van der Waals surface area contributed by atoms with Gasteiger partial charge in [0.1, 0.15) is 5.82 Å². The van der Waals surface area contributed by atoms with Gasteiger partial charge in [-0.2, -0.15) is 0 Å². The number of aryl methyl sites for hydroxylation is 1. The van der Waals surface area contributed by atoms with Crippen LogP contribution in [0.15, 0.2) is 18.2 Å². The average Bonchev–Trinajstić information content (AvgIpc) is 2.68. The van der Waals surface area contributed by atoms with Crippen molar-refractivity contribution in [2.75, 3.05) is 13.1 Å². The minimum Gasteiger partial charge on any atom is -0.337 e. The van der Waals surface area contributed by atoms with E-state index in [0.717, 1.165) is 6.42 Å². The molecule has 1 amide bonds. The number of amides is 1. The molecular weight excluding hydrogens is 243 g/mol. The van der Waals surface area contributed by atoms with Crippen LogP contribution in [0.25, 0.3) is 0 Å². The second kappa shape index (κ2) is 5.47. The van der Waals surface area contributed by atoms with Crippen LogP contribution in [-0.4, -0.2) is 29.9 Å². The van der Waals surface area contributed by atoms with Crippen molar-refractivity contribution in [3.8, 4) is 0 Å². The predicted molar refractivity (Wildman–Crippen MR) is 66.9 cm³/mol. The van der Waals surface area contributed by atoms with Gasteiger partial charge in [0.05, 0.1) is 0 Å². The average molecular weight is 259 g/mol. The first-order valence-electron chi connectivity index (χ1n) is 5.39. The van der Waals surface area contributed by atoms with E-state index in [9.17, 15) is 9.18 Å². The maximum atomic E-state index is 13.3. The molecule has 1 aromatic carbocycles. The highest BCUT2D eigenvalue weighted by Gasteiger charge is 2.24.